The van der Waals surface area contributed by atoms with E-state index in [0.29, 0.717) is 37.4 Å². The molecule has 1 aliphatic carbocycles. The van der Waals surface area contributed by atoms with E-state index in [0.717, 1.165) is 10.9 Å². The lowest BCUT2D eigenvalue weighted by atomic mass is 9.91. The van der Waals surface area contributed by atoms with Crippen LogP contribution in [-0.4, -0.2) is 77.4 Å². The first-order valence-electron chi connectivity index (χ1n) is 12.3. The quantitative estimate of drug-likeness (QED) is 0.400. The highest BCUT2D eigenvalue weighted by atomic mass is 16.5. The second-order valence-electron chi connectivity index (χ2n) is 9.70. The van der Waals surface area contributed by atoms with Gasteiger partial charge in [-0.2, -0.15) is 0 Å². The molecular formula is C26H30N4O6. The van der Waals surface area contributed by atoms with Gasteiger partial charge in [-0.05, 0) is 43.4 Å². The zero-order chi connectivity index (χ0) is 25.4. The van der Waals surface area contributed by atoms with Gasteiger partial charge in [0.2, 0.25) is 11.8 Å². The summed E-state index contributed by atoms with van der Waals surface area (Å²) >= 11 is 0. The highest BCUT2D eigenvalue weighted by molar-refractivity contribution is 6.02. The third-order valence-electron chi connectivity index (χ3n) is 7.64. The fourth-order valence-electron chi connectivity index (χ4n) is 5.77. The Hall–Kier alpha value is -3.66. The molecule has 5 rings (SSSR count). The van der Waals surface area contributed by atoms with Crippen LogP contribution in [0, 0.1) is 17.8 Å². The fourth-order valence-corrected chi connectivity index (χ4v) is 5.77. The summed E-state index contributed by atoms with van der Waals surface area (Å²) < 4.78 is 5.41. The molecule has 5 atom stereocenters. The van der Waals surface area contributed by atoms with Gasteiger partial charge in [-0.25, -0.2) is 0 Å². The number of benzene rings is 1. The van der Waals surface area contributed by atoms with E-state index < -0.39 is 36.3 Å². The lowest BCUT2D eigenvalue weighted by Gasteiger charge is -2.29. The molecule has 190 valence electrons. The number of ketones is 1. The smallest absolute Gasteiger partial charge is 0.271 e. The van der Waals surface area contributed by atoms with Crippen molar-refractivity contribution in [3.05, 3.63) is 42.1 Å². The molecule has 0 saturated carbocycles. The van der Waals surface area contributed by atoms with E-state index in [1.165, 1.54) is 0 Å². The van der Waals surface area contributed by atoms with E-state index in [4.69, 9.17) is 4.74 Å². The maximum atomic E-state index is 13.6. The van der Waals surface area contributed by atoms with Gasteiger partial charge in [-0.1, -0.05) is 18.2 Å². The Kier molecular flexibility index (Phi) is 6.53. The molecule has 2 saturated heterocycles. The summed E-state index contributed by atoms with van der Waals surface area (Å²) in [4.78, 5) is 56.5. The van der Waals surface area contributed by atoms with Crippen LogP contribution in [0.15, 0.2) is 36.4 Å². The Morgan fingerprint density at radius 3 is 2.86 bits per heavy atom. The number of likely N-dealkylation sites (tertiary alicyclic amines) is 1. The lowest BCUT2D eigenvalue weighted by molar-refractivity contribution is -0.133. The molecule has 2 fully saturated rings. The number of hydrogen-bond donors (Lipinski definition) is 4. The molecule has 2 aliphatic heterocycles. The predicted octanol–water partition coefficient (Wildman–Crippen LogP) is 0.766. The van der Waals surface area contributed by atoms with Crippen molar-refractivity contribution in [1.82, 2.24) is 20.5 Å². The summed E-state index contributed by atoms with van der Waals surface area (Å²) in [5.41, 5.74) is 1.10. The first-order valence-corrected chi connectivity index (χ1v) is 12.3. The van der Waals surface area contributed by atoms with Gasteiger partial charge in [0.1, 0.15) is 24.1 Å². The van der Waals surface area contributed by atoms with Crippen LogP contribution < -0.4 is 15.4 Å². The number of Topliss-reactive ketones (excluding diaryl/α,β-unsaturated/α-hetero) is 1. The van der Waals surface area contributed by atoms with Crippen molar-refractivity contribution in [2.24, 2.45) is 17.8 Å². The van der Waals surface area contributed by atoms with Crippen molar-refractivity contribution in [1.29, 1.82) is 0 Å². The van der Waals surface area contributed by atoms with E-state index in [9.17, 15) is 24.3 Å². The average Bonchev–Trinajstić information content (AvgIpc) is 3.66. The number of aliphatic hydroxyl groups is 1. The lowest BCUT2D eigenvalue weighted by Crippen LogP contribution is -2.53. The summed E-state index contributed by atoms with van der Waals surface area (Å²) in [6, 6.07) is 5.44. The molecule has 36 heavy (non-hydrogen) atoms. The molecular weight excluding hydrogens is 464 g/mol. The molecule has 0 spiro atoms. The number of aromatic amines is 1. The molecule has 10 heteroatoms. The van der Waals surface area contributed by atoms with Crippen molar-refractivity contribution in [3.8, 4) is 5.75 Å². The van der Waals surface area contributed by atoms with Gasteiger partial charge in [-0.3, -0.25) is 19.2 Å². The summed E-state index contributed by atoms with van der Waals surface area (Å²) in [6.07, 6.45) is 5.38. The van der Waals surface area contributed by atoms with Crippen LogP contribution in [0.5, 0.6) is 5.75 Å². The minimum Gasteiger partial charge on any atom is -0.496 e. The van der Waals surface area contributed by atoms with E-state index in [1.807, 2.05) is 30.4 Å². The van der Waals surface area contributed by atoms with Crippen LogP contribution in [-0.2, 0) is 14.4 Å². The monoisotopic (exact) mass is 494 g/mol. The number of nitrogens with one attached hydrogen (secondary N) is 3. The maximum absolute atomic E-state index is 13.6. The second kappa shape index (κ2) is 9.77. The van der Waals surface area contributed by atoms with Gasteiger partial charge < -0.3 is 30.4 Å². The van der Waals surface area contributed by atoms with Crippen molar-refractivity contribution in [3.63, 3.8) is 0 Å². The standard InChI is InChI=1S/C26H30N4O6/c1-36-22-7-3-6-18-17(22)11-20(28-18)26(35)30-12-15-4-2-5-16(15)23(30)25(34)29-19(21(32)13-31)10-14-8-9-27-24(14)33/h2-4,6-7,11,14-16,19,23,28,31H,5,8-10,12-13H2,1H3,(H,27,33)(H,29,34)/t14-,15-,16-,19-,23-/m0/s1. The highest BCUT2D eigenvalue weighted by Crippen LogP contribution is 2.39. The molecule has 2 aromatic rings. The van der Waals surface area contributed by atoms with E-state index in [1.54, 1.807) is 18.1 Å². The molecule has 3 heterocycles. The summed E-state index contributed by atoms with van der Waals surface area (Å²) in [5, 5.41) is 15.8. The molecule has 3 amide bonds. The topological polar surface area (TPSA) is 141 Å². The van der Waals surface area contributed by atoms with Crippen molar-refractivity contribution >= 4 is 34.4 Å². The van der Waals surface area contributed by atoms with Crippen molar-refractivity contribution < 1.29 is 29.0 Å². The van der Waals surface area contributed by atoms with Gasteiger partial charge >= 0.3 is 0 Å². The number of allylic oxidation sites excluding steroid dienone is 1. The Bertz CT molecular complexity index is 1240. The summed E-state index contributed by atoms with van der Waals surface area (Å²) in [6.45, 7) is 0.165. The largest absolute Gasteiger partial charge is 0.496 e. The van der Waals surface area contributed by atoms with E-state index in [-0.39, 0.29) is 30.1 Å². The molecule has 0 radical (unpaired) electrons. The van der Waals surface area contributed by atoms with Crippen LogP contribution >= 0.6 is 0 Å². The Morgan fingerprint density at radius 1 is 1.31 bits per heavy atom. The molecule has 0 bridgehead atoms. The van der Waals surface area contributed by atoms with Gasteiger partial charge in [0.25, 0.3) is 5.91 Å². The first kappa shape index (κ1) is 24.1. The number of carbonyl (C=O) groups excluding carboxylic acids is 4. The normalized spacial score (nSPS) is 25.6. The summed E-state index contributed by atoms with van der Waals surface area (Å²) in [5.74, 6) is -1.30. The van der Waals surface area contributed by atoms with Crippen LogP contribution in [0.4, 0.5) is 0 Å². The predicted molar refractivity (Wildman–Crippen MR) is 130 cm³/mol. The zero-order valence-corrected chi connectivity index (χ0v) is 20.0. The average molecular weight is 495 g/mol. The SMILES string of the molecule is COc1cccc2[nH]c(C(=O)N3C[C@@H]4C=CC[C@@H]4[C@H]3C(=O)N[C@@H](C[C@@H]3CCNC3=O)C(=O)CO)cc12. The molecule has 1 aromatic heterocycles. The number of amides is 3. The van der Waals surface area contributed by atoms with Crippen LogP contribution in [0.3, 0.4) is 0 Å². The minimum atomic E-state index is -1.00. The Morgan fingerprint density at radius 2 is 2.14 bits per heavy atom. The highest BCUT2D eigenvalue weighted by Gasteiger charge is 2.49. The third-order valence-corrected chi connectivity index (χ3v) is 7.64. The molecule has 3 aliphatic rings. The fraction of sp³-hybridized carbons (Fsp3) is 0.462. The summed E-state index contributed by atoms with van der Waals surface area (Å²) in [7, 11) is 1.57. The number of aliphatic hydroxyl groups excluding tert-OH is 1. The number of fused-ring (bicyclic) bond motifs is 2. The van der Waals surface area contributed by atoms with Crippen LogP contribution in [0.2, 0.25) is 0 Å². The number of hydrogen-bond acceptors (Lipinski definition) is 6. The molecule has 1 aromatic carbocycles. The molecule has 0 unspecified atom stereocenters. The van der Waals surface area contributed by atoms with Gasteiger partial charge in [0.15, 0.2) is 5.78 Å². The number of H-pyrrole nitrogens is 1. The van der Waals surface area contributed by atoms with E-state index >= 15 is 0 Å². The van der Waals surface area contributed by atoms with Crippen LogP contribution in [0.1, 0.15) is 29.8 Å². The number of ether oxygens (including phenoxy) is 1. The van der Waals surface area contributed by atoms with Crippen molar-refractivity contribution in [2.75, 3.05) is 26.8 Å². The molecule has 4 N–H and O–H groups in total. The number of nitrogens with zero attached hydrogens (tertiary/aromatic N) is 1. The minimum absolute atomic E-state index is 0.0382. The number of aromatic nitrogens is 1. The zero-order valence-electron chi connectivity index (χ0n) is 20.0. The number of carbonyl (C=O) groups is 4. The van der Waals surface area contributed by atoms with Crippen LogP contribution in [0.25, 0.3) is 10.9 Å². The maximum Gasteiger partial charge on any atom is 0.271 e. The number of rotatable bonds is 8. The van der Waals surface area contributed by atoms with Gasteiger partial charge in [0, 0.05) is 35.8 Å². The van der Waals surface area contributed by atoms with E-state index in [2.05, 4.69) is 15.6 Å². The Labute approximate surface area is 208 Å². The van der Waals surface area contributed by atoms with Crippen molar-refractivity contribution in [2.45, 2.75) is 31.3 Å². The van der Waals surface area contributed by atoms with Gasteiger partial charge in [-0.15, -0.1) is 0 Å². The molecule has 10 nitrogen and oxygen atoms in total. The first-order chi connectivity index (χ1) is 17.4. The third kappa shape index (κ3) is 4.26. The Balaban J connectivity index is 1.40. The van der Waals surface area contributed by atoms with Gasteiger partial charge in [0.05, 0.1) is 13.2 Å². The number of methoxy groups -OCH3 is 1. The second-order valence-corrected chi connectivity index (χ2v) is 9.70.